The number of carbonyl (C=O) groups is 1. The quantitative estimate of drug-likeness (QED) is 0.869. The van der Waals surface area contributed by atoms with Gasteiger partial charge in [0, 0.05) is 11.9 Å². The maximum atomic E-state index is 11.7. The summed E-state index contributed by atoms with van der Waals surface area (Å²) in [6.45, 7) is 0.799. The summed E-state index contributed by atoms with van der Waals surface area (Å²) in [4.78, 5) is 16.3. The van der Waals surface area contributed by atoms with E-state index in [-0.39, 0.29) is 5.91 Å². The highest BCUT2D eigenvalue weighted by atomic mass is 79.9. The number of thiazole rings is 1. The second-order valence-corrected chi connectivity index (χ2v) is 5.71. The number of hydrogen-bond acceptors (Lipinski definition) is 3. The van der Waals surface area contributed by atoms with Crippen molar-refractivity contribution in [2.24, 2.45) is 11.8 Å². The molecule has 1 aliphatic carbocycles. The van der Waals surface area contributed by atoms with Crippen LogP contribution in [0.5, 0.6) is 0 Å². The van der Waals surface area contributed by atoms with Crippen molar-refractivity contribution in [3.8, 4) is 0 Å². The highest BCUT2D eigenvalue weighted by Crippen LogP contribution is 2.32. The van der Waals surface area contributed by atoms with Gasteiger partial charge in [0.2, 0.25) is 0 Å². The van der Waals surface area contributed by atoms with E-state index in [1.165, 1.54) is 30.6 Å². The fourth-order valence-electron chi connectivity index (χ4n) is 2.22. The van der Waals surface area contributed by atoms with Crippen LogP contribution >= 0.6 is 27.3 Å². The van der Waals surface area contributed by atoms with Crippen LogP contribution in [0.1, 0.15) is 28.9 Å². The van der Waals surface area contributed by atoms with Crippen LogP contribution in [0.2, 0.25) is 0 Å². The van der Waals surface area contributed by atoms with Crippen LogP contribution in [0.3, 0.4) is 0 Å². The molecule has 1 fully saturated rings. The number of rotatable bonds is 4. The number of halogens is 1. The lowest BCUT2D eigenvalue weighted by atomic mass is 9.98. The molecule has 88 valence electrons. The molecule has 1 aromatic rings. The van der Waals surface area contributed by atoms with E-state index in [1.807, 2.05) is 0 Å². The lowest BCUT2D eigenvalue weighted by Crippen LogP contribution is -2.30. The number of alkyl halides is 1. The molecule has 1 aliphatic rings. The van der Waals surface area contributed by atoms with Gasteiger partial charge in [0.25, 0.3) is 5.91 Å². The van der Waals surface area contributed by atoms with E-state index in [1.54, 1.807) is 11.7 Å². The van der Waals surface area contributed by atoms with Crippen molar-refractivity contribution >= 4 is 33.2 Å². The van der Waals surface area contributed by atoms with Crippen molar-refractivity contribution in [2.45, 2.75) is 19.3 Å². The number of hydrogen-bond donors (Lipinski definition) is 1. The van der Waals surface area contributed by atoms with Gasteiger partial charge in [-0.1, -0.05) is 22.4 Å². The van der Waals surface area contributed by atoms with Crippen molar-refractivity contribution in [3.63, 3.8) is 0 Å². The SMILES string of the molecule is O=C(NCC1CCCC1CBr)c1cncs1. The zero-order valence-electron chi connectivity index (χ0n) is 8.99. The number of nitrogens with one attached hydrogen (secondary N) is 1. The molecule has 0 bridgehead atoms. The Labute approximate surface area is 108 Å². The molecule has 2 atom stereocenters. The molecule has 5 heteroatoms. The fourth-order valence-corrected chi connectivity index (χ4v) is 3.61. The van der Waals surface area contributed by atoms with Gasteiger partial charge < -0.3 is 5.32 Å². The molecule has 0 radical (unpaired) electrons. The molecule has 1 amide bonds. The van der Waals surface area contributed by atoms with Crippen LogP contribution in [0.25, 0.3) is 0 Å². The zero-order valence-corrected chi connectivity index (χ0v) is 11.4. The fraction of sp³-hybridized carbons (Fsp3) is 0.636. The van der Waals surface area contributed by atoms with E-state index in [0.29, 0.717) is 10.8 Å². The predicted molar refractivity (Wildman–Crippen MR) is 69.1 cm³/mol. The monoisotopic (exact) mass is 302 g/mol. The highest BCUT2D eigenvalue weighted by Gasteiger charge is 2.26. The van der Waals surface area contributed by atoms with Gasteiger partial charge in [-0.05, 0) is 24.7 Å². The van der Waals surface area contributed by atoms with Gasteiger partial charge in [-0.3, -0.25) is 9.78 Å². The lowest BCUT2D eigenvalue weighted by Gasteiger charge is -2.17. The van der Waals surface area contributed by atoms with Crippen molar-refractivity contribution < 1.29 is 4.79 Å². The van der Waals surface area contributed by atoms with Gasteiger partial charge in [0.15, 0.2) is 0 Å². The van der Waals surface area contributed by atoms with E-state index in [4.69, 9.17) is 0 Å². The average Bonchev–Trinajstić information content (AvgIpc) is 2.96. The Hall–Kier alpha value is -0.420. The Balaban J connectivity index is 1.81. The molecule has 16 heavy (non-hydrogen) atoms. The number of carbonyl (C=O) groups excluding carboxylic acids is 1. The highest BCUT2D eigenvalue weighted by molar-refractivity contribution is 9.09. The second kappa shape index (κ2) is 5.77. The largest absolute Gasteiger partial charge is 0.351 e. The average molecular weight is 303 g/mol. The molecular formula is C11H15BrN2OS. The number of amides is 1. The van der Waals surface area contributed by atoms with Crippen LogP contribution in [0, 0.1) is 11.8 Å². The summed E-state index contributed by atoms with van der Waals surface area (Å²) in [6.07, 6.45) is 5.43. The summed E-state index contributed by atoms with van der Waals surface area (Å²) < 4.78 is 0. The van der Waals surface area contributed by atoms with Gasteiger partial charge in [0.05, 0.1) is 11.7 Å². The van der Waals surface area contributed by atoms with Crippen LogP contribution < -0.4 is 5.32 Å². The molecule has 1 heterocycles. The normalized spacial score (nSPS) is 24.6. The van der Waals surface area contributed by atoms with Gasteiger partial charge >= 0.3 is 0 Å². The first-order valence-electron chi connectivity index (χ1n) is 5.54. The molecule has 0 aromatic carbocycles. The molecule has 2 rings (SSSR count). The van der Waals surface area contributed by atoms with Crippen molar-refractivity contribution in [3.05, 3.63) is 16.6 Å². The number of nitrogens with zero attached hydrogens (tertiary/aromatic N) is 1. The van der Waals surface area contributed by atoms with Crippen LogP contribution in [0.15, 0.2) is 11.7 Å². The third kappa shape index (κ3) is 2.83. The summed E-state index contributed by atoms with van der Waals surface area (Å²) in [7, 11) is 0. The molecule has 1 aromatic heterocycles. The van der Waals surface area contributed by atoms with Crippen molar-refractivity contribution in [2.75, 3.05) is 11.9 Å². The van der Waals surface area contributed by atoms with Gasteiger partial charge in [-0.2, -0.15) is 0 Å². The maximum Gasteiger partial charge on any atom is 0.263 e. The van der Waals surface area contributed by atoms with Gasteiger partial charge in [0.1, 0.15) is 4.88 Å². The van der Waals surface area contributed by atoms with Crippen LogP contribution in [0.4, 0.5) is 0 Å². The summed E-state index contributed by atoms with van der Waals surface area (Å²) in [5.74, 6) is 1.38. The molecule has 0 aliphatic heterocycles. The van der Waals surface area contributed by atoms with E-state index in [0.717, 1.165) is 17.8 Å². The third-order valence-electron chi connectivity index (χ3n) is 3.20. The van der Waals surface area contributed by atoms with Gasteiger partial charge in [-0.15, -0.1) is 11.3 Å². The maximum absolute atomic E-state index is 11.7. The van der Waals surface area contributed by atoms with E-state index >= 15 is 0 Å². The van der Waals surface area contributed by atoms with E-state index in [9.17, 15) is 4.79 Å². The van der Waals surface area contributed by atoms with Crippen LogP contribution in [-0.4, -0.2) is 22.8 Å². The smallest absolute Gasteiger partial charge is 0.263 e. The minimum absolute atomic E-state index is 0.0164. The zero-order chi connectivity index (χ0) is 11.4. The number of aromatic nitrogens is 1. The Morgan fingerprint density at radius 3 is 3.06 bits per heavy atom. The predicted octanol–water partition coefficient (Wildman–Crippen LogP) is 2.68. The molecule has 2 unspecified atom stereocenters. The van der Waals surface area contributed by atoms with Crippen LogP contribution in [-0.2, 0) is 0 Å². The topological polar surface area (TPSA) is 42.0 Å². The third-order valence-corrected chi connectivity index (χ3v) is 4.80. The first kappa shape index (κ1) is 12.0. The molecule has 0 spiro atoms. The summed E-state index contributed by atoms with van der Waals surface area (Å²) in [5, 5.41) is 4.05. The van der Waals surface area contributed by atoms with E-state index in [2.05, 4.69) is 26.2 Å². The lowest BCUT2D eigenvalue weighted by molar-refractivity contribution is 0.0948. The first-order chi connectivity index (χ1) is 7.81. The molecule has 1 saturated carbocycles. The summed E-state index contributed by atoms with van der Waals surface area (Å²) in [6, 6.07) is 0. The first-order valence-corrected chi connectivity index (χ1v) is 7.54. The molecule has 0 saturated heterocycles. The van der Waals surface area contributed by atoms with Gasteiger partial charge in [-0.25, -0.2) is 0 Å². The summed E-state index contributed by atoms with van der Waals surface area (Å²) >= 11 is 4.93. The Morgan fingerprint density at radius 1 is 1.56 bits per heavy atom. The summed E-state index contributed by atoms with van der Waals surface area (Å²) in [5.41, 5.74) is 1.69. The Kier molecular flexibility index (Phi) is 4.35. The minimum atomic E-state index is 0.0164. The standard InChI is InChI=1S/C11H15BrN2OS/c12-4-8-2-1-3-9(8)5-14-11(15)10-6-13-7-16-10/h6-9H,1-5H2,(H,14,15). The second-order valence-electron chi connectivity index (χ2n) is 4.18. The Morgan fingerprint density at radius 2 is 2.38 bits per heavy atom. The Bertz CT molecular complexity index is 342. The minimum Gasteiger partial charge on any atom is -0.351 e. The van der Waals surface area contributed by atoms with Crippen molar-refractivity contribution in [1.29, 1.82) is 0 Å². The molecule has 3 nitrogen and oxygen atoms in total. The molecule has 1 N–H and O–H groups in total. The van der Waals surface area contributed by atoms with E-state index < -0.39 is 0 Å². The molecular weight excluding hydrogens is 288 g/mol. The van der Waals surface area contributed by atoms with Crippen molar-refractivity contribution in [1.82, 2.24) is 10.3 Å².